The maximum absolute atomic E-state index is 11.5. The highest BCUT2D eigenvalue weighted by Crippen LogP contribution is 2.39. The summed E-state index contributed by atoms with van der Waals surface area (Å²) < 4.78 is 0. The Morgan fingerprint density at radius 2 is 2.25 bits per heavy atom. The minimum Gasteiger partial charge on any atom is -0.391 e. The lowest BCUT2D eigenvalue weighted by molar-refractivity contribution is -0.118. The van der Waals surface area contributed by atoms with Gasteiger partial charge in [-0.15, -0.1) is 0 Å². The molecule has 124 valence electrons. The van der Waals surface area contributed by atoms with E-state index in [1.165, 1.54) is 11.3 Å². The van der Waals surface area contributed by atoms with Gasteiger partial charge in [-0.2, -0.15) is 0 Å². The van der Waals surface area contributed by atoms with Crippen LogP contribution in [0.2, 0.25) is 0 Å². The molecule has 0 spiro atoms. The van der Waals surface area contributed by atoms with Gasteiger partial charge in [-0.3, -0.25) is 4.79 Å². The standard InChI is InChI=1S/C19H20N2O3/c22-10-9-17-18(15-11-20-16-4-2-1-3-14(15)16)19(21-24-17)12-5-7-13(23)8-6-12/h1,3,5,10-11,17-18,20H,2,4,6-9H2. The van der Waals surface area contributed by atoms with Crippen molar-refractivity contribution in [1.82, 2.24) is 4.98 Å². The van der Waals surface area contributed by atoms with Crippen LogP contribution in [0.3, 0.4) is 0 Å². The fourth-order valence-electron chi connectivity index (χ4n) is 3.83. The van der Waals surface area contributed by atoms with Crippen LogP contribution in [0.4, 0.5) is 0 Å². The first-order valence-electron chi connectivity index (χ1n) is 8.53. The lowest BCUT2D eigenvalue weighted by Gasteiger charge is -2.21. The molecule has 5 heteroatoms. The average Bonchev–Trinajstić information content (AvgIpc) is 3.20. The van der Waals surface area contributed by atoms with E-state index in [4.69, 9.17) is 4.84 Å². The van der Waals surface area contributed by atoms with E-state index >= 15 is 0 Å². The Morgan fingerprint density at radius 3 is 3.04 bits per heavy atom. The van der Waals surface area contributed by atoms with Crippen molar-refractivity contribution in [3.8, 4) is 0 Å². The number of hydrogen-bond acceptors (Lipinski definition) is 4. The van der Waals surface area contributed by atoms with Crippen LogP contribution >= 0.6 is 0 Å². The molecule has 0 amide bonds. The molecule has 5 nitrogen and oxygen atoms in total. The smallest absolute Gasteiger partial charge is 0.146 e. The largest absolute Gasteiger partial charge is 0.391 e. The Morgan fingerprint density at radius 1 is 1.33 bits per heavy atom. The molecule has 1 aromatic heterocycles. The Labute approximate surface area is 140 Å². The fraction of sp³-hybridized carbons (Fsp3) is 0.421. The van der Waals surface area contributed by atoms with Crippen molar-refractivity contribution in [3.63, 3.8) is 0 Å². The average molecular weight is 324 g/mol. The predicted octanol–water partition coefficient (Wildman–Crippen LogP) is 3.08. The van der Waals surface area contributed by atoms with Crippen LogP contribution in [0.5, 0.6) is 0 Å². The van der Waals surface area contributed by atoms with E-state index in [0.29, 0.717) is 25.7 Å². The first-order valence-corrected chi connectivity index (χ1v) is 8.53. The zero-order valence-corrected chi connectivity index (χ0v) is 13.5. The molecule has 3 aliphatic rings. The number of carbonyl (C=O) groups is 2. The Bertz CT molecular complexity index is 770. The van der Waals surface area contributed by atoms with Crippen LogP contribution in [0.15, 0.2) is 29.1 Å². The highest BCUT2D eigenvalue weighted by Gasteiger charge is 2.39. The van der Waals surface area contributed by atoms with Crippen LogP contribution in [0.1, 0.15) is 54.8 Å². The van der Waals surface area contributed by atoms with Gasteiger partial charge in [0.1, 0.15) is 18.2 Å². The van der Waals surface area contributed by atoms with Gasteiger partial charge in [0.05, 0.1) is 11.6 Å². The summed E-state index contributed by atoms with van der Waals surface area (Å²) in [6.45, 7) is 0. The van der Waals surface area contributed by atoms with Gasteiger partial charge < -0.3 is 14.6 Å². The molecule has 1 aromatic rings. The van der Waals surface area contributed by atoms with Gasteiger partial charge in [-0.05, 0) is 36.0 Å². The third-order valence-electron chi connectivity index (χ3n) is 5.08. The first-order chi connectivity index (χ1) is 11.8. The molecule has 24 heavy (non-hydrogen) atoms. The van der Waals surface area contributed by atoms with Crippen molar-refractivity contribution in [2.24, 2.45) is 5.16 Å². The summed E-state index contributed by atoms with van der Waals surface area (Å²) in [5.41, 5.74) is 5.55. The third kappa shape index (κ3) is 2.54. The molecule has 2 unspecified atom stereocenters. The van der Waals surface area contributed by atoms with Gasteiger partial charge >= 0.3 is 0 Å². The molecule has 4 rings (SSSR count). The second-order valence-electron chi connectivity index (χ2n) is 6.55. The van der Waals surface area contributed by atoms with Gasteiger partial charge in [0.25, 0.3) is 0 Å². The van der Waals surface area contributed by atoms with Crippen molar-refractivity contribution >= 4 is 23.9 Å². The molecule has 2 atom stereocenters. The summed E-state index contributed by atoms with van der Waals surface area (Å²) in [6.07, 6.45) is 13.0. The van der Waals surface area contributed by atoms with E-state index < -0.39 is 0 Å². The number of fused-ring (bicyclic) bond motifs is 1. The Hall–Kier alpha value is -2.43. The SMILES string of the molecule is O=CCC1ON=C(C2=CCC(=O)CC2)C1c1c[nH]c2c1C=CCC2. The summed E-state index contributed by atoms with van der Waals surface area (Å²) in [5.74, 6) is 0.207. The zero-order valence-electron chi connectivity index (χ0n) is 13.5. The number of allylic oxidation sites excluding steroid dienone is 3. The van der Waals surface area contributed by atoms with Crippen molar-refractivity contribution in [2.75, 3.05) is 0 Å². The fourth-order valence-corrected chi connectivity index (χ4v) is 3.83. The number of aromatic nitrogens is 1. The van der Waals surface area contributed by atoms with Crippen molar-refractivity contribution in [3.05, 3.63) is 40.7 Å². The Balaban J connectivity index is 1.72. The molecule has 1 N–H and O–H groups in total. The second kappa shape index (κ2) is 6.23. The molecule has 0 saturated heterocycles. The minimum atomic E-state index is -0.272. The maximum atomic E-state index is 11.5. The van der Waals surface area contributed by atoms with Crippen LogP contribution in [0, 0.1) is 0 Å². The normalized spacial score (nSPS) is 25.8. The summed E-state index contributed by atoms with van der Waals surface area (Å²) >= 11 is 0. The van der Waals surface area contributed by atoms with Gasteiger partial charge in [0.2, 0.25) is 0 Å². The van der Waals surface area contributed by atoms with Crippen LogP contribution < -0.4 is 0 Å². The molecule has 2 heterocycles. The molecule has 0 aromatic carbocycles. The van der Waals surface area contributed by atoms with Crippen LogP contribution in [0.25, 0.3) is 6.08 Å². The lowest BCUT2D eigenvalue weighted by atomic mass is 9.80. The van der Waals surface area contributed by atoms with Crippen molar-refractivity contribution < 1.29 is 14.4 Å². The minimum absolute atomic E-state index is 0.0580. The molecule has 0 saturated carbocycles. The zero-order chi connectivity index (χ0) is 16.5. The number of carbonyl (C=O) groups excluding carboxylic acids is 2. The predicted molar refractivity (Wildman–Crippen MR) is 90.8 cm³/mol. The number of nitrogens with one attached hydrogen (secondary N) is 1. The number of hydrogen-bond donors (Lipinski definition) is 1. The number of aryl methyl sites for hydroxylation is 1. The number of ketones is 1. The number of H-pyrrole nitrogens is 1. The highest BCUT2D eigenvalue weighted by atomic mass is 16.6. The monoisotopic (exact) mass is 324 g/mol. The van der Waals surface area contributed by atoms with Gasteiger partial charge in [-0.1, -0.05) is 23.4 Å². The van der Waals surface area contributed by atoms with E-state index in [-0.39, 0.29) is 17.8 Å². The van der Waals surface area contributed by atoms with Crippen molar-refractivity contribution in [1.29, 1.82) is 0 Å². The third-order valence-corrected chi connectivity index (χ3v) is 5.08. The second-order valence-corrected chi connectivity index (χ2v) is 6.55. The van der Waals surface area contributed by atoms with E-state index in [0.717, 1.165) is 36.0 Å². The molecular weight excluding hydrogens is 304 g/mol. The van der Waals surface area contributed by atoms with Crippen LogP contribution in [-0.4, -0.2) is 28.9 Å². The number of aldehydes is 1. The molecular formula is C19H20N2O3. The summed E-state index contributed by atoms with van der Waals surface area (Å²) in [6, 6.07) is 0. The van der Waals surface area contributed by atoms with Crippen molar-refractivity contribution in [2.45, 2.75) is 50.5 Å². The number of nitrogens with zero attached hydrogens (tertiary/aromatic N) is 1. The number of oxime groups is 1. The van der Waals surface area contributed by atoms with E-state index in [1.54, 1.807) is 0 Å². The molecule has 0 radical (unpaired) electrons. The summed E-state index contributed by atoms with van der Waals surface area (Å²) in [7, 11) is 0. The molecule has 1 aliphatic heterocycles. The molecule has 0 bridgehead atoms. The lowest BCUT2D eigenvalue weighted by Crippen LogP contribution is -2.24. The summed E-state index contributed by atoms with van der Waals surface area (Å²) in [4.78, 5) is 31.6. The number of rotatable bonds is 4. The molecule has 2 aliphatic carbocycles. The Kier molecular flexibility index (Phi) is 3.92. The number of Topliss-reactive ketones (excluding diaryl/α,β-unsaturated/α-hetero) is 1. The van der Waals surface area contributed by atoms with E-state index in [2.05, 4.69) is 22.3 Å². The topological polar surface area (TPSA) is 71.5 Å². The first kappa shape index (κ1) is 15.1. The maximum Gasteiger partial charge on any atom is 0.146 e. The quantitative estimate of drug-likeness (QED) is 0.865. The summed E-state index contributed by atoms with van der Waals surface area (Å²) in [5, 5.41) is 4.31. The van der Waals surface area contributed by atoms with Gasteiger partial charge in [0, 0.05) is 31.2 Å². The van der Waals surface area contributed by atoms with Crippen LogP contribution in [-0.2, 0) is 20.8 Å². The highest BCUT2D eigenvalue weighted by molar-refractivity contribution is 6.07. The number of aromatic amines is 1. The van der Waals surface area contributed by atoms with Gasteiger partial charge in [0.15, 0.2) is 0 Å². The van der Waals surface area contributed by atoms with E-state index in [9.17, 15) is 9.59 Å². The molecule has 0 fully saturated rings. The van der Waals surface area contributed by atoms with Gasteiger partial charge in [-0.25, -0.2) is 0 Å². The van der Waals surface area contributed by atoms with E-state index in [1.807, 2.05) is 12.3 Å².